The van der Waals surface area contributed by atoms with E-state index in [2.05, 4.69) is 24.6 Å². The first kappa shape index (κ1) is 12.2. The van der Waals surface area contributed by atoms with Gasteiger partial charge in [-0.25, -0.2) is 0 Å². The molecule has 0 spiro atoms. The molecule has 15 heavy (non-hydrogen) atoms. The zero-order valence-electron chi connectivity index (χ0n) is 9.55. The summed E-state index contributed by atoms with van der Waals surface area (Å²) in [7, 11) is 0. The zero-order chi connectivity index (χ0) is 11.1. The summed E-state index contributed by atoms with van der Waals surface area (Å²) in [6.07, 6.45) is 4.64. The fraction of sp³-hybridized carbons (Fsp3) is 0.500. The molecule has 0 amide bonds. The van der Waals surface area contributed by atoms with Gasteiger partial charge >= 0.3 is 0 Å². The van der Waals surface area contributed by atoms with Crippen LogP contribution in [0.5, 0.6) is 0 Å². The molecule has 1 aromatic carbocycles. The molecule has 2 nitrogen and oxygen atoms in total. The van der Waals surface area contributed by atoms with Crippen LogP contribution in [0.15, 0.2) is 18.2 Å². The second kappa shape index (κ2) is 6.62. The van der Waals surface area contributed by atoms with Gasteiger partial charge in [0.25, 0.3) is 0 Å². The number of unbranched alkanes of at least 4 members (excludes halogenated alkanes) is 1. The van der Waals surface area contributed by atoms with Crippen LogP contribution < -0.4 is 11.1 Å². The summed E-state index contributed by atoms with van der Waals surface area (Å²) in [6.45, 7) is 3.10. The summed E-state index contributed by atoms with van der Waals surface area (Å²) in [4.78, 5) is 0. The third-order valence-corrected chi connectivity index (χ3v) is 2.90. The number of aryl methyl sites for hydroxylation is 1. The molecule has 0 saturated heterocycles. The molecule has 1 aromatic rings. The number of benzene rings is 1. The molecule has 3 N–H and O–H groups in total. The molecule has 0 aliphatic carbocycles. The standard InChI is InChI=1S/C12H20N2S/c1-10-7-11(13)9-12(8-10)14-5-3-4-6-15-2/h7-9,14H,3-6,13H2,1-2H3. The third-order valence-electron chi connectivity index (χ3n) is 2.20. The molecular formula is C12H20N2S. The van der Waals surface area contributed by atoms with E-state index < -0.39 is 0 Å². The van der Waals surface area contributed by atoms with Crippen LogP contribution in [-0.4, -0.2) is 18.6 Å². The summed E-state index contributed by atoms with van der Waals surface area (Å²) in [5, 5.41) is 3.40. The van der Waals surface area contributed by atoms with Gasteiger partial charge in [0.05, 0.1) is 0 Å². The number of anilines is 2. The topological polar surface area (TPSA) is 38.0 Å². The molecule has 0 fully saturated rings. The Bertz CT molecular complexity index is 279. The number of hydrogen-bond acceptors (Lipinski definition) is 3. The average molecular weight is 224 g/mol. The van der Waals surface area contributed by atoms with Crippen molar-refractivity contribution >= 4 is 23.1 Å². The Morgan fingerprint density at radius 1 is 1.27 bits per heavy atom. The smallest absolute Gasteiger partial charge is 0.0363 e. The lowest BCUT2D eigenvalue weighted by molar-refractivity contribution is 0.843. The second-order valence-corrected chi connectivity index (χ2v) is 4.74. The summed E-state index contributed by atoms with van der Waals surface area (Å²) < 4.78 is 0. The van der Waals surface area contributed by atoms with Crippen LogP contribution in [0.2, 0.25) is 0 Å². The minimum absolute atomic E-state index is 0.835. The summed E-state index contributed by atoms with van der Waals surface area (Å²) in [6, 6.07) is 6.10. The van der Waals surface area contributed by atoms with Crippen molar-refractivity contribution in [3.63, 3.8) is 0 Å². The van der Waals surface area contributed by atoms with Gasteiger partial charge in [0.1, 0.15) is 0 Å². The Balaban J connectivity index is 2.31. The average Bonchev–Trinajstić information content (AvgIpc) is 2.16. The van der Waals surface area contributed by atoms with E-state index in [0.29, 0.717) is 0 Å². The van der Waals surface area contributed by atoms with Gasteiger partial charge in [-0.05, 0) is 55.5 Å². The molecule has 0 unspecified atom stereocenters. The van der Waals surface area contributed by atoms with E-state index in [1.54, 1.807) is 0 Å². The predicted molar refractivity (Wildman–Crippen MR) is 71.7 cm³/mol. The highest BCUT2D eigenvalue weighted by Crippen LogP contribution is 2.15. The largest absolute Gasteiger partial charge is 0.399 e. The summed E-state index contributed by atoms with van der Waals surface area (Å²) >= 11 is 1.90. The number of nitrogen functional groups attached to an aromatic ring is 1. The quantitative estimate of drug-likeness (QED) is 0.576. The molecule has 0 radical (unpaired) electrons. The Morgan fingerprint density at radius 3 is 2.73 bits per heavy atom. The fourth-order valence-corrected chi connectivity index (χ4v) is 2.01. The van der Waals surface area contributed by atoms with E-state index in [0.717, 1.165) is 17.9 Å². The Morgan fingerprint density at radius 2 is 2.07 bits per heavy atom. The first-order valence-electron chi connectivity index (χ1n) is 5.32. The number of nitrogens with two attached hydrogens (primary N) is 1. The molecule has 0 aliphatic heterocycles. The predicted octanol–water partition coefficient (Wildman–Crippen LogP) is 3.13. The molecule has 3 heteroatoms. The van der Waals surface area contributed by atoms with Gasteiger partial charge in [-0.2, -0.15) is 11.8 Å². The first-order valence-corrected chi connectivity index (χ1v) is 6.72. The normalized spacial score (nSPS) is 10.3. The van der Waals surface area contributed by atoms with Gasteiger partial charge in [0.15, 0.2) is 0 Å². The van der Waals surface area contributed by atoms with Gasteiger partial charge in [-0.3, -0.25) is 0 Å². The Kier molecular flexibility index (Phi) is 5.40. The molecule has 84 valence electrons. The van der Waals surface area contributed by atoms with E-state index >= 15 is 0 Å². The third kappa shape index (κ3) is 4.98. The highest BCUT2D eigenvalue weighted by molar-refractivity contribution is 7.98. The van der Waals surface area contributed by atoms with Crippen molar-refractivity contribution in [2.24, 2.45) is 0 Å². The summed E-state index contributed by atoms with van der Waals surface area (Å²) in [5.74, 6) is 1.25. The van der Waals surface area contributed by atoms with Crippen LogP contribution in [0, 0.1) is 6.92 Å². The SMILES string of the molecule is CSCCCCNc1cc(C)cc(N)c1. The van der Waals surface area contributed by atoms with Crippen LogP contribution in [0.3, 0.4) is 0 Å². The van der Waals surface area contributed by atoms with E-state index in [-0.39, 0.29) is 0 Å². The highest BCUT2D eigenvalue weighted by Gasteiger charge is 1.95. The van der Waals surface area contributed by atoms with Crippen LogP contribution in [-0.2, 0) is 0 Å². The monoisotopic (exact) mass is 224 g/mol. The maximum atomic E-state index is 5.77. The van der Waals surface area contributed by atoms with Crippen molar-refractivity contribution in [3.05, 3.63) is 23.8 Å². The lowest BCUT2D eigenvalue weighted by Gasteiger charge is -2.08. The van der Waals surface area contributed by atoms with Crippen molar-refractivity contribution < 1.29 is 0 Å². The number of rotatable bonds is 6. The van der Waals surface area contributed by atoms with E-state index in [9.17, 15) is 0 Å². The number of thioether (sulfide) groups is 1. The molecule has 0 heterocycles. The minimum Gasteiger partial charge on any atom is -0.399 e. The minimum atomic E-state index is 0.835. The zero-order valence-corrected chi connectivity index (χ0v) is 10.4. The fourth-order valence-electron chi connectivity index (χ4n) is 1.52. The van der Waals surface area contributed by atoms with Crippen LogP contribution >= 0.6 is 11.8 Å². The van der Waals surface area contributed by atoms with Crippen LogP contribution in [0.25, 0.3) is 0 Å². The summed E-state index contributed by atoms with van der Waals surface area (Å²) in [5.41, 5.74) is 8.95. The lowest BCUT2D eigenvalue weighted by atomic mass is 10.2. The molecule has 0 atom stereocenters. The van der Waals surface area contributed by atoms with Crippen LogP contribution in [0.1, 0.15) is 18.4 Å². The molecule has 0 aliphatic rings. The van der Waals surface area contributed by atoms with Crippen molar-refractivity contribution in [2.75, 3.05) is 29.6 Å². The van der Waals surface area contributed by atoms with Gasteiger partial charge < -0.3 is 11.1 Å². The number of hydrogen-bond donors (Lipinski definition) is 2. The maximum absolute atomic E-state index is 5.77. The van der Waals surface area contributed by atoms with Crippen LogP contribution in [0.4, 0.5) is 11.4 Å². The Hall–Kier alpha value is -0.830. The van der Waals surface area contributed by atoms with E-state index in [4.69, 9.17) is 5.73 Å². The maximum Gasteiger partial charge on any atom is 0.0363 e. The van der Waals surface area contributed by atoms with Crippen molar-refractivity contribution in [2.45, 2.75) is 19.8 Å². The molecule has 0 bridgehead atoms. The molecule has 0 aromatic heterocycles. The van der Waals surface area contributed by atoms with Gasteiger partial charge in [0.2, 0.25) is 0 Å². The van der Waals surface area contributed by atoms with Crippen molar-refractivity contribution in [1.82, 2.24) is 0 Å². The van der Waals surface area contributed by atoms with E-state index in [1.165, 1.54) is 24.2 Å². The second-order valence-electron chi connectivity index (χ2n) is 3.76. The van der Waals surface area contributed by atoms with Gasteiger partial charge in [-0.1, -0.05) is 0 Å². The Labute approximate surface area is 96.6 Å². The molecular weight excluding hydrogens is 204 g/mol. The molecule has 0 saturated carbocycles. The first-order chi connectivity index (χ1) is 7.22. The molecule has 1 rings (SSSR count). The van der Waals surface area contributed by atoms with E-state index in [1.807, 2.05) is 23.9 Å². The lowest BCUT2D eigenvalue weighted by Crippen LogP contribution is -2.02. The van der Waals surface area contributed by atoms with Gasteiger partial charge in [-0.15, -0.1) is 0 Å². The number of nitrogens with one attached hydrogen (secondary N) is 1. The van der Waals surface area contributed by atoms with Crippen molar-refractivity contribution in [3.8, 4) is 0 Å². The van der Waals surface area contributed by atoms with Crippen molar-refractivity contribution in [1.29, 1.82) is 0 Å². The van der Waals surface area contributed by atoms with Gasteiger partial charge in [0, 0.05) is 17.9 Å². The highest BCUT2D eigenvalue weighted by atomic mass is 32.2.